The van der Waals surface area contributed by atoms with Crippen molar-refractivity contribution in [2.75, 3.05) is 46.5 Å². The van der Waals surface area contributed by atoms with Crippen molar-refractivity contribution in [1.29, 1.82) is 0 Å². The second kappa shape index (κ2) is 9.81. The quantitative estimate of drug-likeness (QED) is 0.635. The standard InChI is InChI=1S/C24H26N2O7/c1-16-7-8-17(24(29)30-2)13-20(16)32-15-22(27)25-9-11-26(12-10-25)23(28)21-14-31-18-5-3-4-6-19(18)33-21/h3-8,13,21H,9-12,14-15H2,1-2H3. The molecule has 0 aliphatic carbocycles. The lowest BCUT2D eigenvalue weighted by Crippen LogP contribution is -2.55. The number of amides is 2. The molecule has 2 aliphatic rings. The van der Waals surface area contributed by atoms with Gasteiger partial charge in [-0.15, -0.1) is 0 Å². The maximum atomic E-state index is 12.9. The molecule has 2 aromatic rings. The maximum absolute atomic E-state index is 12.9. The summed E-state index contributed by atoms with van der Waals surface area (Å²) in [4.78, 5) is 40.6. The zero-order valence-electron chi connectivity index (χ0n) is 18.6. The SMILES string of the molecule is COC(=O)c1ccc(C)c(OCC(=O)N2CCN(C(=O)C3COc4ccccc4O3)CC2)c1. The number of piperazine rings is 1. The lowest BCUT2D eigenvalue weighted by atomic mass is 10.1. The number of nitrogens with zero attached hydrogens (tertiary/aromatic N) is 2. The van der Waals surface area contributed by atoms with Crippen molar-refractivity contribution in [2.24, 2.45) is 0 Å². The number of hydrogen-bond acceptors (Lipinski definition) is 7. The Morgan fingerprint density at radius 1 is 1.00 bits per heavy atom. The van der Waals surface area contributed by atoms with E-state index in [0.29, 0.717) is 49.0 Å². The zero-order valence-corrected chi connectivity index (χ0v) is 18.6. The number of methoxy groups -OCH3 is 1. The molecular weight excluding hydrogens is 428 g/mol. The van der Waals surface area contributed by atoms with E-state index < -0.39 is 12.1 Å². The summed E-state index contributed by atoms with van der Waals surface area (Å²) in [6.45, 7) is 3.45. The highest BCUT2D eigenvalue weighted by molar-refractivity contribution is 5.90. The van der Waals surface area contributed by atoms with Gasteiger partial charge in [0.25, 0.3) is 11.8 Å². The number of carbonyl (C=O) groups is 3. The molecule has 0 spiro atoms. The number of rotatable bonds is 5. The minimum atomic E-state index is -0.699. The summed E-state index contributed by atoms with van der Waals surface area (Å²) < 4.78 is 21.8. The van der Waals surface area contributed by atoms with Crippen molar-refractivity contribution < 1.29 is 33.3 Å². The number of ether oxygens (including phenoxy) is 4. The van der Waals surface area contributed by atoms with Crippen LogP contribution < -0.4 is 14.2 Å². The minimum Gasteiger partial charge on any atom is -0.485 e. The molecule has 4 rings (SSSR count). The largest absolute Gasteiger partial charge is 0.485 e. The second-order valence-corrected chi connectivity index (χ2v) is 7.83. The van der Waals surface area contributed by atoms with Gasteiger partial charge in [0.2, 0.25) is 6.10 Å². The summed E-state index contributed by atoms with van der Waals surface area (Å²) in [5, 5.41) is 0. The third kappa shape index (κ3) is 5.02. The highest BCUT2D eigenvalue weighted by atomic mass is 16.6. The highest BCUT2D eigenvalue weighted by Gasteiger charge is 2.33. The van der Waals surface area contributed by atoms with Crippen LogP contribution in [0.15, 0.2) is 42.5 Å². The van der Waals surface area contributed by atoms with Crippen LogP contribution in [-0.4, -0.2) is 80.2 Å². The molecule has 1 atom stereocenters. The van der Waals surface area contributed by atoms with E-state index in [2.05, 4.69) is 0 Å². The highest BCUT2D eigenvalue weighted by Crippen LogP contribution is 2.31. The molecule has 2 heterocycles. The normalized spacial score (nSPS) is 17.3. The summed E-state index contributed by atoms with van der Waals surface area (Å²) in [6, 6.07) is 12.2. The molecule has 9 heteroatoms. The number of esters is 1. The first-order valence-electron chi connectivity index (χ1n) is 10.7. The van der Waals surface area contributed by atoms with Gasteiger partial charge in [0.05, 0.1) is 12.7 Å². The average Bonchev–Trinajstić information content (AvgIpc) is 2.86. The van der Waals surface area contributed by atoms with E-state index in [0.717, 1.165) is 5.56 Å². The zero-order chi connectivity index (χ0) is 23.4. The number of para-hydroxylation sites is 2. The summed E-state index contributed by atoms with van der Waals surface area (Å²) in [6.07, 6.45) is -0.699. The predicted octanol–water partition coefficient (Wildman–Crippen LogP) is 1.67. The Bertz CT molecular complexity index is 1050. The van der Waals surface area contributed by atoms with Gasteiger partial charge in [-0.1, -0.05) is 18.2 Å². The fourth-order valence-corrected chi connectivity index (χ4v) is 3.75. The summed E-state index contributed by atoms with van der Waals surface area (Å²) in [5.41, 5.74) is 1.16. The first-order chi connectivity index (χ1) is 16.0. The number of carbonyl (C=O) groups excluding carboxylic acids is 3. The van der Waals surface area contributed by atoms with Gasteiger partial charge >= 0.3 is 5.97 Å². The van der Waals surface area contributed by atoms with Gasteiger partial charge in [0.15, 0.2) is 18.1 Å². The van der Waals surface area contributed by atoms with Crippen LogP contribution in [0.3, 0.4) is 0 Å². The molecule has 0 bridgehead atoms. The van der Waals surface area contributed by atoms with E-state index in [1.165, 1.54) is 7.11 Å². The van der Waals surface area contributed by atoms with Gasteiger partial charge in [-0.25, -0.2) is 4.79 Å². The Balaban J connectivity index is 1.27. The minimum absolute atomic E-state index is 0.150. The third-order valence-electron chi connectivity index (χ3n) is 5.69. The Hall–Kier alpha value is -3.75. The van der Waals surface area contributed by atoms with E-state index in [9.17, 15) is 14.4 Å². The predicted molar refractivity (Wildman–Crippen MR) is 118 cm³/mol. The van der Waals surface area contributed by atoms with Crippen molar-refractivity contribution >= 4 is 17.8 Å². The van der Waals surface area contributed by atoms with Crippen LogP contribution in [0.5, 0.6) is 17.2 Å². The first kappa shape index (κ1) is 22.4. The Morgan fingerprint density at radius 3 is 2.42 bits per heavy atom. The monoisotopic (exact) mass is 454 g/mol. The molecule has 0 radical (unpaired) electrons. The Labute approximate surface area is 191 Å². The molecule has 0 N–H and O–H groups in total. The third-order valence-corrected chi connectivity index (χ3v) is 5.69. The molecule has 2 aromatic carbocycles. The Kier molecular flexibility index (Phi) is 6.67. The van der Waals surface area contributed by atoms with Crippen LogP contribution in [0.25, 0.3) is 0 Å². The average molecular weight is 454 g/mol. The molecule has 0 aromatic heterocycles. The number of aryl methyl sites for hydroxylation is 1. The summed E-state index contributed by atoms with van der Waals surface area (Å²) in [7, 11) is 1.31. The fourth-order valence-electron chi connectivity index (χ4n) is 3.75. The van der Waals surface area contributed by atoms with Crippen LogP contribution in [0.4, 0.5) is 0 Å². The summed E-state index contributed by atoms with van der Waals surface area (Å²) >= 11 is 0. The van der Waals surface area contributed by atoms with Crippen molar-refractivity contribution in [3.8, 4) is 17.2 Å². The van der Waals surface area contributed by atoms with Crippen molar-refractivity contribution in [3.05, 3.63) is 53.6 Å². The number of fused-ring (bicyclic) bond motifs is 1. The van der Waals surface area contributed by atoms with Crippen LogP contribution >= 0.6 is 0 Å². The molecule has 0 saturated carbocycles. The Morgan fingerprint density at radius 2 is 1.70 bits per heavy atom. The molecule has 2 amide bonds. The van der Waals surface area contributed by atoms with E-state index in [4.69, 9.17) is 18.9 Å². The van der Waals surface area contributed by atoms with E-state index in [1.807, 2.05) is 19.1 Å². The van der Waals surface area contributed by atoms with Crippen LogP contribution in [0.2, 0.25) is 0 Å². The van der Waals surface area contributed by atoms with Crippen LogP contribution in [0, 0.1) is 6.92 Å². The van der Waals surface area contributed by atoms with Crippen molar-refractivity contribution in [2.45, 2.75) is 13.0 Å². The van der Waals surface area contributed by atoms with E-state index in [-0.39, 0.29) is 25.0 Å². The first-order valence-corrected chi connectivity index (χ1v) is 10.7. The topological polar surface area (TPSA) is 94.6 Å². The number of hydrogen-bond donors (Lipinski definition) is 0. The second-order valence-electron chi connectivity index (χ2n) is 7.83. The lowest BCUT2D eigenvalue weighted by Gasteiger charge is -2.37. The molecule has 1 saturated heterocycles. The van der Waals surface area contributed by atoms with Gasteiger partial charge < -0.3 is 28.7 Å². The molecule has 1 unspecified atom stereocenters. The van der Waals surface area contributed by atoms with Gasteiger partial charge in [0, 0.05) is 26.2 Å². The molecule has 9 nitrogen and oxygen atoms in total. The molecular formula is C24H26N2O7. The smallest absolute Gasteiger partial charge is 0.337 e. The van der Waals surface area contributed by atoms with Crippen LogP contribution in [0.1, 0.15) is 15.9 Å². The fraction of sp³-hybridized carbons (Fsp3) is 0.375. The number of benzene rings is 2. The molecule has 33 heavy (non-hydrogen) atoms. The van der Waals surface area contributed by atoms with Gasteiger partial charge in [0.1, 0.15) is 12.4 Å². The maximum Gasteiger partial charge on any atom is 0.337 e. The van der Waals surface area contributed by atoms with E-state index >= 15 is 0 Å². The van der Waals surface area contributed by atoms with E-state index in [1.54, 1.807) is 40.1 Å². The van der Waals surface area contributed by atoms with Gasteiger partial charge in [-0.3, -0.25) is 9.59 Å². The molecule has 1 fully saturated rings. The van der Waals surface area contributed by atoms with Gasteiger partial charge in [-0.05, 0) is 36.8 Å². The van der Waals surface area contributed by atoms with Crippen LogP contribution in [-0.2, 0) is 14.3 Å². The molecule has 2 aliphatic heterocycles. The lowest BCUT2D eigenvalue weighted by molar-refractivity contribution is -0.146. The van der Waals surface area contributed by atoms with Crippen molar-refractivity contribution in [3.63, 3.8) is 0 Å². The molecule has 174 valence electrons. The van der Waals surface area contributed by atoms with Gasteiger partial charge in [-0.2, -0.15) is 0 Å². The summed E-state index contributed by atoms with van der Waals surface area (Å²) in [5.74, 6) is 0.834. The van der Waals surface area contributed by atoms with Crippen molar-refractivity contribution in [1.82, 2.24) is 9.80 Å².